The Labute approximate surface area is 149 Å². The number of pyridine rings is 1. The van der Waals surface area contributed by atoms with Crippen molar-refractivity contribution in [1.82, 2.24) is 14.8 Å². The molecule has 25 heavy (non-hydrogen) atoms. The Bertz CT molecular complexity index is 730. The van der Waals surface area contributed by atoms with Crippen LogP contribution in [0.2, 0.25) is 0 Å². The van der Waals surface area contributed by atoms with E-state index in [0.29, 0.717) is 13.1 Å². The predicted octanol–water partition coefficient (Wildman–Crippen LogP) is 1.94. The molecule has 1 saturated heterocycles. The molecule has 1 aromatic heterocycles. The Morgan fingerprint density at radius 3 is 2.72 bits per heavy atom. The summed E-state index contributed by atoms with van der Waals surface area (Å²) >= 11 is 0. The lowest BCUT2D eigenvalue weighted by Crippen LogP contribution is -2.39. The van der Waals surface area contributed by atoms with Gasteiger partial charge in [-0.3, -0.25) is 14.7 Å². The Morgan fingerprint density at radius 2 is 1.96 bits per heavy atom. The number of fused-ring (bicyclic) bond motifs is 1. The largest absolute Gasteiger partial charge is 0.391 e. The number of aliphatic hydroxyl groups is 1. The van der Waals surface area contributed by atoms with E-state index in [9.17, 15) is 9.90 Å². The number of carbonyl (C=O) groups excluding carboxylic acids is 1. The van der Waals surface area contributed by atoms with Crippen LogP contribution in [0.5, 0.6) is 0 Å². The summed E-state index contributed by atoms with van der Waals surface area (Å²) in [5, 5.41) is 11.5. The second-order valence-electron chi connectivity index (χ2n) is 6.79. The van der Waals surface area contributed by atoms with Crippen molar-refractivity contribution in [3.63, 3.8) is 0 Å². The number of β-amino-alcohol motifs (C(OH)–C–C–N with tert-alkyl or cyclic N) is 1. The summed E-state index contributed by atoms with van der Waals surface area (Å²) in [4.78, 5) is 20.9. The Hall–Kier alpha value is -1.98. The number of likely N-dealkylation sites (N-methyl/N-ethyl adjacent to an activating group) is 1. The third kappa shape index (κ3) is 4.17. The lowest BCUT2D eigenvalue weighted by Gasteiger charge is -2.22. The van der Waals surface area contributed by atoms with Crippen molar-refractivity contribution in [2.75, 3.05) is 32.7 Å². The third-order valence-corrected chi connectivity index (χ3v) is 5.08. The first kappa shape index (κ1) is 17.8. The number of amides is 1. The van der Waals surface area contributed by atoms with Gasteiger partial charge in [0.05, 0.1) is 18.2 Å². The van der Waals surface area contributed by atoms with Crippen LogP contribution in [0.1, 0.15) is 19.5 Å². The minimum absolute atomic E-state index is 0.123. The fourth-order valence-electron chi connectivity index (χ4n) is 3.63. The van der Waals surface area contributed by atoms with Gasteiger partial charge in [-0.15, -0.1) is 0 Å². The number of hydrogen-bond donors (Lipinski definition) is 1. The van der Waals surface area contributed by atoms with E-state index in [0.717, 1.165) is 42.7 Å². The molecule has 1 amide bonds. The fourth-order valence-corrected chi connectivity index (χ4v) is 3.63. The van der Waals surface area contributed by atoms with E-state index in [-0.39, 0.29) is 11.8 Å². The SMILES string of the molecule is CCN(CC)C(=O)CN1C[C@@H](Cc2ccc3ccccc3n2)[C@H](O)C1. The highest BCUT2D eigenvalue weighted by Crippen LogP contribution is 2.22. The molecule has 5 nitrogen and oxygen atoms in total. The van der Waals surface area contributed by atoms with Gasteiger partial charge in [0.1, 0.15) is 0 Å². The molecule has 1 N–H and O–H groups in total. The zero-order chi connectivity index (χ0) is 17.8. The summed E-state index contributed by atoms with van der Waals surface area (Å²) in [5.41, 5.74) is 1.99. The van der Waals surface area contributed by atoms with Crippen LogP contribution in [0, 0.1) is 5.92 Å². The average Bonchev–Trinajstić information content (AvgIpc) is 2.95. The van der Waals surface area contributed by atoms with Crippen molar-refractivity contribution in [3.05, 3.63) is 42.1 Å². The number of rotatable bonds is 6. The van der Waals surface area contributed by atoms with Crippen LogP contribution in [0.4, 0.5) is 0 Å². The quantitative estimate of drug-likeness (QED) is 0.872. The first-order chi connectivity index (χ1) is 12.1. The fraction of sp³-hybridized carbons (Fsp3) is 0.500. The van der Waals surface area contributed by atoms with Crippen molar-refractivity contribution in [1.29, 1.82) is 0 Å². The molecule has 0 unspecified atom stereocenters. The maximum Gasteiger partial charge on any atom is 0.236 e. The van der Waals surface area contributed by atoms with E-state index in [1.807, 2.05) is 43.0 Å². The molecular weight excluding hydrogens is 314 g/mol. The van der Waals surface area contributed by atoms with Gasteiger partial charge in [-0.05, 0) is 32.4 Å². The number of aliphatic hydroxyl groups excluding tert-OH is 1. The molecule has 0 radical (unpaired) electrons. The summed E-state index contributed by atoms with van der Waals surface area (Å²) in [6.45, 7) is 7.14. The van der Waals surface area contributed by atoms with E-state index in [4.69, 9.17) is 4.98 Å². The van der Waals surface area contributed by atoms with Gasteiger partial charge < -0.3 is 10.0 Å². The number of aromatic nitrogens is 1. The van der Waals surface area contributed by atoms with Gasteiger partial charge >= 0.3 is 0 Å². The molecule has 0 bridgehead atoms. The topological polar surface area (TPSA) is 56.7 Å². The van der Waals surface area contributed by atoms with Gasteiger partial charge in [-0.1, -0.05) is 24.3 Å². The second-order valence-corrected chi connectivity index (χ2v) is 6.79. The van der Waals surface area contributed by atoms with Gasteiger partial charge in [0.2, 0.25) is 5.91 Å². The summed E-state index contributed by atoms with van der Waals surface area (Å²) in [5.74, 6) is 0.264. The molecule has 0 aliphatic carbocycles. The molecule has 134 valence electrons. The standard InChI is InChI=1S/C20H27N3O2/c1-3-23(4-2)20(25)14-22-12-16(19(24)13-22)11-17-10-9-15-7-5-6-8-18(15)21-17/h5-10,16,19,24H,3-4,11-14H2,1-2H3/t16-,19-/m1/s1. The smallest absolute Gasteiger partial charge is 0.236 e. The lowest BCUT2D eigenvalue weighted by molar-refractivity contribution is -0.131. The van der Waals surface area contributed by atoms with E-state index in [1.54, 1.807) is 0 Å². The number of likely N-dealkylation sites (tertiary alicyclic amines) is 1. The maximum absolute atomic E-state index is 12.3. The highest BCUT2D eigenvalue weighted by Gasteiger charge is 2.33. The third-order valence-electron chi connectivity index (χ3n) is 5.08. The van der Waals surface area contributed by atoms with Crippen molar-refractivity contribution < 1.29 is 9.90 Å². The maximum atomic E-state index is 12.3. The van der Waals surface area contributed by atoms with Crippen LogP contribution in [0.15, 0.2) is 36.4 Å². The highest BCUT2D eigenvalue weighted by atomic mass is 16.3. The minimum atomic E-state index is -0.405. The van der Waals surface area contributed by atoms with Gasteiger partial charge in [-0.25, -0.2) is 0 Å². The Kier molecular flexibility index (Phi) is 5.66. The summed E-state index contributed by atoms with van der Waals surface area (Å²) in [6, 6.07) is 12.2. The van der Waals surface area contributed by atoms with Crippen molar-refractivity contribution in [2.24, 2.45) is 5.92 Å². The van der Waals surface area contributed by atoms with E-state index < -0.39 is 6.10 Å². The van der Waals surface area contributed by atoms with Crippen molar-refractivity contribution in [3.8, 4) is 0 Å². The predicted molar refractivity (Wildman–Crippen MR) is 99.3 cm³/mol. The molecule has 1 fully saturated rings. The molecule has 1 aliphatic rings. The normalized spacial score (nSPS) is 20.9. The van der Waals surface area contributed by atoms with Crippen LogP contribution in [0.3, 0.4) is 0 Å². The number of carbonyl (C=O) groups is 1. The number of nitrogens with zero attached hydrogens (tertiary/aromatic N) is 3. The molecule has 0 saturated carbocycles. The van der Waals surface area contributed by atoms with E-state index in [2.05, 4.69) is 17.0 Å². The molecule has 1 aromatic carbocycles. The zero-order valence-electron chi connectivity index (χ0n) is 15.1. The Morgan fingerprint density at radius 1 is 1.20 bits per heavy atom. The van der Waals surface area contributed by atoms with Gasteiger partial charge in [-0.2, -0.15) is 0 Å². The molecule has 5 heteroatoms. The molecule has 2 atom stereocenters. The first-order valence-corrected chi connectivity index (χ1v) is 9.13. The first-order valence-electron chi connectivity index (χ1n) is 9.13. The van der Waals surface area contributed by atoms with E-state index in [1.165, 1.54) is 0 Å². The van der Waals surface area contributed by atoms with Gasteiger partial charge in [0.15, 0.2) is 0 Å². The number of para-hydroxylation sites is 1. The van der Waals surface area contributed by atoms with Crippen LogP contribution in [-0.4, -0.2) is 64.6 Å². The van der Waals surface area contributed by atoms with Crippen molar-refractivity contribution in [2.45, 2.75) is 26.4 Å². The zero-order valence-corrected chi connectivity index (χ0v) is 15.1. The van der Waals surface area contributed by atoms with Gasteiger partial charge in [0.25, 0.3) is 0 Å². The highest BCUT2D eigenvalue weighted by molar-refractivity contribution is 5.78. The molecule has 2 heterocycles. The number of benzene rings is 1. The lowest BCUT2D eigenvalue weighted by atomic mass is 9.99. The molecular formula is C20H27N3O2. The van der Waals surface area contributed by atoms with Crippen molar-refractivity contribution >= 4 is 16.8 Å². The Balaban J connectivity index is 1.62. The van der Waals surface area contributed by atoms with Gasteiger partial charge in [0, 0.05) is 43.2 Å². The van der Waals surface area contributed by atoms with Crippen LogP contribution < -0.4 is 0 Å². The summed E-state index contributed by atoms with van der Waals surface area (Å²) in [7, 11) is 0. The molecule has 0 spiro atoms. The minimum Gasteiger partial charge on any atom is -0.391 e. The molecule has 2 aromatic rings. The van der Waals surface area contributed by atoms with Crippen LogP contribution in [-0.2, 0) is 11.2 Å². The van der Waals surface area contributed by atoms with Crippen LogP contribution in [0.25, 0.3) is 10.9 Å². The summed E-state index contributed by atoms with van der Waals surface area (Å²) < 4.78 is 0. The van der Waals surface area contributed by atoms with Crippen LogP contribution >= 0.6 is 0 Å². The second kappa shape index (κ2) is 7.93. The summed E-state index contributed by atoms with van der Waals surface area (Å²) in [6.07, 6.45) is 0.333. The number of hydrogen-bond acceptors (Lipinski definition) is 4. The monoisotopic (exact) mass is 341 g/mol. The average molecular weight is 341 g/mol. The molecule has 3 rings (SSSR count). The molecule has 1 aliphatic heterocycles. The van der Waals surface area contributed by atoms with E-state index >= 15 is 0 Å².